The minimum Gasteiger partial charge on any atom is -0.308 e. The molecule has 1 aliphatic heterocycles. The van der Waals surface area contributed by atoms with Crippen molar-refractivity contribution in [3.8, 4) is 0 Å². The Hall–Kier alpha value is -0.380. The normalized spacial score (nSPS) is 22.9. The highest BCUT2D eigenvalue weighted by molar-refractivity contribution is 9.10. The summed E-state index contributed by atoms with van der Waals surface area (Å²) < 4.78 is 1.21. The molecule has 1 atom stereocenters. The molecule has 1 N–H and O–H groups in total. The molecule has 1 saturated heterocycles. The molecule has 0 radical (unpaired) electrons. The van der Waals surface area contributed by atoms with Crippen LogP contribution in [0.2, 0.25) is 0 Å². The summed E-state index contributed by atoms with van der Waals surface area (Å²) in [6, 6.07) is 8.94. The van der Waals surface area contributed by atoms with Crippen LogP contribution in [0.15, 0.2) is 28.7 Å². The molecule has 1 aliphatic rings. The average molecular weight is 269 g/mol. The average Bonchev–Trinajstić information content (AvgIpc) is 2.30. The molecule has 0 amide bonds. The zero-order valence-corrected chi connectivity index (χ0v) is 10.6. The van der Waals surface area contributed by atoms with Crippen LogP contribution in [0.5, 0.6) is 0 Å². The van der Waals surface area contributed by atoms with E-state index in [4.69, 9.17) is 0 Å². The maximum atomic E-state index is 3.62. The lowest BCUT2D eigenvalue weighted by molar-refractivity contribution is 0.210. The molecule has 2 rings (SSSR count). The quantitative estimate of drug-likeness (QED) is 0.887. The van der Waals surface area contributed by atoms with E-state index in [1.54, 1.807) is 0 Å². The highest BCUT2D eigenvalue weighted by atomic mass is 79.9. The number of nitrogens with zero attached hydrogens (tertiary/aromatic N) is 1. The van der Waals surface area contributed by atoms with Gasteiger partial charge in [0.2, 0.25) is 0 Å². The zero-order chi connectivity index (χ0) is 10.7. The second-order valence-corrected chi connectivity index (χ2v) is 4.78. The molecule has 1 heterocycles. The molecule has 0 saturated carbocycles. The summed E-state index contributed by atoms with van der Waals surface area (Å²) in [5.41, 5.74) is 1.37. The third kappa shape index (κ3) is 2.60. The van der Waals surface area contributed by atoms with E-state index in [0.29, 0.717) is 6.04 Å². The number of benzene rings is 1. The number of piperazine rings is 1. The van der Waals surface area contributed by atoms with E-state index in [9.17, 15) is 0 Å². The van der Waals surface area contributed by atoms with Crippen LogP contribution in [0, 0.1) is 0 Å². The van der Waals surface area contributed by atoms with Crippen molar-refractivity contribution >= 4 is 15.9 Å². The highest BCUT2D eigenvalue weighted by Gasteiger charge is 2.20. The van der Waals surface area contributed by atoms with E-state index in [1.807, 2.05) is 0 Å². The van der Waals surface area contributed by atoms with Crippen LogP contribution in [-0.4, -0.2) is 31.1 Å². The first-order valence-corrected chi connectivity index (χ1v) is 6.30. The van der Waals surface area contributed by atoms with Crippen LogP contribution in [0.25, 0.3) is 0 Å². The van der Waals surface area contributed by atoms with E-state index < -0.39 is 0 Å². The van der Waals surface area contributed by atoms with Crippen LogP contribution in [0.4, 0.5) is 0 Å². The maximum absolute atomic E-state index is 3.62. The predicted molar refractivity (Wildman–Crippen MR) is 67.0 cm³/mol. The van der Waals surface area contributed by atoms with Gasteiger partial charge in [0.25, 0.3) is 0 Å². The Labute approximate surface area is 99.8 Å². The van der Waals surface area contributed by atoms with Crippen LogP contribution >= 0.6 is 15.9 Å². The summed E-state index contributed by atoms with van der Waals surface area (Å²) in [6.45, 7) is 6.72. The Bertz CT molecular complexity index is 327. The van der Waals surface area contributed by atoms with Crippen molar-refractivity contribution in [3.63, 3.8) is 0 Å². The Morgan fingerprint density at radius 1 is 1.47 bits per heavy atom. The van der Waals surface area contributed by atoms with Crippen molar-refractivity contribution in [2.45, 2.75) is 13.0 Å². The molecule has 0 aliphatic carbocycles. The van der Waals surface area contributed by atoms with Crippen LogP contribution in [-0.2, 0) is 0 Å². The summed E-state index contributed by atoms with van der Waals surface area (Å²) in [7, 11) is 0. The molecule has 1 aromatic carbocycles. The maximum Gasteiger partial charge on any atom is 0.0461 e. The van der Waals surface area contributed by atoms with Gasteiger partial charge in [0.05, 0.1) is 0 Å². The smallest absolute Gasteiger partial charge is 0.0461 e. The molecule has 82 valence electrons. The SMILES string of the molecule is CCN1CCN[C@H](c2ccccc2Br)C1. The molecule has 2 nitrogen and oxygen atoms in total. The fourth-order valence-electron chi connectivity index (χ4n) is 2.06. The van der Waals surface area contributed by atoms with Crippen molar-refractivity contribution in [2.24, 2.45) is 0 Å². The molecule has 3 heteroatoms. The van der Waals surface area contributed by atoms with Gasteiger partial charge in [-0.3, -0.25) is 0 Å². The first-order valence-electron chi connectivity index (χ1n) is 5.51. The third-order valence-electron chi connectivity index (χ3n) is 2.99. The number of hydrogen-bond donors (Lipinski definition) is 1. The molecule has 1 aromatic rings. The van der Waals surface area contributed by atoms with Gasteiger partial charge in [-0.2, -0.15) is 0 Å². The van der Waals surface area contributed by atoms with Crippen molar-refractivity contribution in [2.75, 3.05) is 26.2 Å². The van der Waals surface area contributed by atoms with Crippen molar-refractivity contribution in [3.05, 3.63) is 34.3 Å². The molecule has 0 bridgehead atoms. The highest BCUT2D eigenvalue weighted by Crippen LogP contribution is 2.25. The van der Waals surface area contributed by atoms with Gasteiger partial charge < -0.3 is 10.2 Å². The predicted octanol–water partition coefficient (Wildman–Crippen LogP) is 2.42. The van der Waals surface area contributed by atoms with Gasteiger partial charge in [-0.05, 0) is 18.2 Å². The lowest BCUT2D eigenvalue weighted by atomic mass is 10.0. The number of halogens is 1. The van der Waals surface area contributed by atoms with Gasteiger partial charge in [-0.25, -0.2) is 0 Å². The van der Waals surface area contributed by atoms with Crippen molar-refractivity contribution < 1.29 is 0 Å². The van der Waals surface area contributed by atoms with Gasteiger partial charge in [0.15, 0.2) is 0 Å². The summed E-state index contributed by atoms with van der Waals surface area (Å²) in [4.78, 5) is 2.49. The Balaban J connectivity index is 2.13. The minimum atomic E-state index is 0.467. The summed E-state index contributed by atoms with van der Waals surface area (Å²) in [5, 5.41) is 3.57. The van der Waals surface area contributed by atoms with Gasteiger partial charge in [0, 0.05) is 30.1 Å². The second kappa shape index (κ2) is 5.10. The summed E-state index contributed by atoms with van der Waals surface area (Å²) in [5.74, 6) is 0. The molecular weight excluding hydrogens is 252 g/mol. The van der Waals surface area contributed by atoms with Crippen LogP contribution < -0.4 is 5.32 Å². The van der Waals surface area contributed by atoms with E-state index in [2.05, 4.69) is 57.3 Å². The summed E-state index contributed by atoms with van der Waals surface area (Å²) in [6.07, 6.45) is 0. The fourth-order valence-corrected chi connectivity index (χ4v) is 2.63. The Morgan fingerprint density at radius 2 is 2.27 bits per heavy atom. The van der Waals surface area contributed by atoms with Crippen LogP contribution in [0.1, 0.15) is 18.5 Å². The molecule has 1 fully saturated rings. The topological polar surface area (TPSA) is 15.3 Å². The Kier molecular flexibility index (Phi) is 3.78. The lowest BCUT2D eigenvalue weighted by Gasteiger charge is -2.33. The summed E-state index contributed by atoms with van der Waals surface area (Å²) >= 11 is 3.62. The van der Waals surface area contributed by atoms with Gasteiger partial charge in [-0.1, -0.05) is 41.1 Å². The zero-order valence-electron chi connectivity index (χ0n) is 9.04. The monoisotopic (exact) mass is 268 g/mol. The number of hydrogen-bond acceptors (Lipinski definition) is 2. The Morgan fingerprint density at radius 3 is 3.00 bits per heavy atom. The molecule has 0 unspecified atom stereocenters. The number of nitrogens with one attached hydrogen (secondary N) is 1. The standard InChI is InChI=1S/C12H17BrN2/c1-2-15-8-7-14-12(9-15)10-5-3-4-6-11(10)13/h3-6,12,14H,2,7-9H2,1H3/t12-/m0/s1. The third-order valence-corrected chi connectivity index (χ3v) is 3.71. The molecule has 0 spiro atoms. The van der Waals surface area contributed by atoms with E-state index >= 15 is 0 Å². The van der Waals surface area contributed by atoms with E-state index in [-0.39, 0.29) is 0 Å². The van der Waals surface area contributed by atoms with Crippen molar-refractivity contribution in [1.29, 1.82) is 0 Å². The minimum absolute atomic E-state index is 0.467. The van der Waals surface area contributed by atoms with E-state index in [1.165, 1.54) is 10.0 Å². The second-order valence-electron chi connectivity index (χ2n) is 3.92. The first kappa shape index (κ1) is 11.1. The molecule has 0 aromatic heterocycles. The van der Waals surface area contributed by atoms with Gasteiger partial charge in [-0.15, -0.1) is 0 Å². The van der Waals surface area contributed by atoms with E-state index in [0.717, 1.165) is 26.2 Å². The van der Waals surface area contributed by atoms with Crippen LogP contribution in [0.3, 0.4) is 0 Å². The largest absolute Gasteiger partial charge is 0.308 e. The first-order chi connectivity index (χ1) is 7.31. The molecule has 15 heavy (non-hydrogen) atoms. The van der Waals surface area contributed by atoms with Crippen molar-refractivity contribution in [1.82, 2.24) is 10.2 Å². The number of rotatable bonds is 2. The lowest BCUT2D eigenvalue weighted by Crippen LogP contribution is -2.45. The van der Waals surface area contributed by atoms with Gasteiger partial charge >= 0.3 is 0 Å². The van der Waals surface area contributed by atoms with Gasteiger partial charge in [0.1, 0.15) is 0 Å². The molecular formula is C12H17BrN2. The fraction of sp³-hybridized carbons (Fsp3) is 0.500. The number of likely N-dealkylation sites (N-methyl/N-ethyl adjacent to an activating group) is 1.